The summed E-state index contributed by atoms with van der Waals surface area (Å²) in [6.07, 6.45) is -0.384. The van der Waals surface area contributed by atoms with Gasteiger partial charge in [-0.15, -0.1) is 0 Å². The number of rotatable bonds is 5. The fraction of sp³-hybridized carbons (Fsp3) is 0.562. The highest BCUT2D eigenvalue weighted by Gasteiger charge is 2.18. The highest BCUT2D eigenvalue weighted by Crippen LogP contribution is 2.22. The van der Waals surface area contributed by atoms with E-state index >= 15 is 0 Å². The number of halogens is 1. The zero-order valence-corrected chi connectivity index (χ0v) is 15.0. The molecule has 1 rings (SSSR count). The number of carbonyl (C=O) groups is 1. The zero-order chi connectivity index (χ0) is 16.0. The van der Waals surface area contributed by atoms with E-state index < -0.39 is 5.60 Å². The van der Waals surface area contributed by atoms with Crippen molar-refractivity contribution < 1.29 is 9.53 Å². The first-order chi connectivity index (χ1) is 9.69. The number of nitrogens with one attached hydrogen (secondary N) is 2. The molecule has 0 radical (unpaired) electrons. The van der Waals surface area contributed by atoms with Crippen molar-refractivity contribution in [2.45, 2.75) is 52.3 Å². The molecule has 2 atom stereocenters. The first-order valence-electron chi connectivity index (χ1n) is 7.16. The van der Waals surface area contributed by atoms with Gasteiger partial charge in [0.25, 0.3) is 0 Å². The van der Waals surface area contributed by atoms with Gasteiger partial charge in [-0.3, -0.25) is 0 Å². The molecule has 0 aliphatic rings. The number of alkyl carbamates (subject to hydrolysis) is 1. The summed E-state index contributed by atoms with van der Waals surface area (Å²) in [5, 5.41) is 6.23. The predicted molar refractivity (Wildman–Crippen MR) is 89.4 cm³/mol. The topological polar surface area (TPSA) is 50.4 Å². The van der Waals surface area contributed by atoms with E-state index in [0.717, 1.165) is 4.47 Å². The maximum Gasteiger partial charge on any atom is 0.407 e. The molecule has 0 saturated heterocycles. The summed E-state index contributed by atoms with van der Waals surface area (Å²) in [6.45, 7) is 10.3. The molecular weight excluding hydrogens is 332 g/mol. The van der Waals surface area contributed by atoms with Gasteiger partial charge in [-0.2, -0.15) is 0 Å². The molecule has 1 aromatic carbocycles. The van der Waals surface area contributed by atoms with Gasteiger partial charge in [-0.25, -0.2) is 4.79 Å². The quantitative estimate of drug-likeness (QED) is 0.837. The molecule has 1 amide bonds. The molecule has 0 saturated carbocycles. The molecular formula is C16H25BrN2O2. The Labute approximate surface area is 135 Å². The van der Waals surface area contributed by atoms with Crippen LogP contribution in [-0.4, -0.2) is 24.3 Å². The summed E-state index contributed by atoms with van der Waals surface area (Å²) < 4.78 is 6.31. The van der Waals surface area contributed by atoms with Gasteiger partial charge in [0.05, 0.1) is 0 Å². The molecule has 1 aromatic rings. The van der Waals surface area contributed by atoms with Crippen LogP contribution in [0.1, 0.15) is 46.2 Å². The van der Waals surface area contributed by atoms with E-state index in [-0.39, 0.29) is 18.2 Å². The predicted octanol–water partition coefficient (Wildman–Crippen LogP) is 4.01. The molecule has 2 N–H and O–H groups in total. The monoisotopic (exact) mass is 356 g/mol. The van der Waals surface area contributed by atoms with Crippen LogP contribution in [0.25, 0.3) is 0 Å². The fourth-order valence-electron chi connectivity index (χ4n) is 1.85. The molecule has 2 unspecified atom stereocenters. The van der Waals surface area contributed by atoms with Crippen LogP contribution in [0.3, 0.4) is 0 Å². The average Bonchev–Trinajstić information content (AvgIpc) is 2.34. The van der Waals surface area contributed by atoms with Gasteiger partial charge in [0.1, 0.15) is 5.60 Å². The molecule has 0 heterocycles. The van der Waals surface area contributed by atoms with E-state index in [4.69, 9.17) is 4.74 Å². The Kier molecular flexibility index (Phi) is 6.68. The average molecular weight is 357 g/mol. The second-order valence-corrected chi connectivity index (χ2v) is 7.05. The van der Waals surface area contributed by atoms with Crippen LogP contribution in [-0.2, 0) is 4.74 Å². The Balaban J connectivity index is 2.41. The van der Waals surface area contributed by atoms with Crippen LogP contribution in [0.5, 0.6) is 0 Å². The third kappa shape index (κ3) is 6.96. The lowest BCUT2D eigenvalue weighted by Gasteiger charge is -2.23. The van der Waals surface area contributed by atoms with Gasteiger partial charge >= 0.3 is 6.09 Å². The van der Waals surface area contributed by atoms with Crippen LogP contribution in [0, 0.1) is 0 Å². The van der Waals surface area contributed by atoms with Gasteiger partial charge in [0.2, 0.25) is 0 Å². The van der Waals surface area contributed by atoms with Crippen molar-refractivity contribution in [2.24, 2.45) is 0 Å². The summed E-state index contributed by atoms with van der Waals surface area (Å²) in [4.78, 5) is 11.7. The fourth-order valence-corrected chi connectivity index (χ4v) is 2.48. The normalized spacial score (nSPS) is 14.4. The minimum atomic E-state index is -0.473. The van der Waals surface area contributed by atoms with Crippen LogP contribution in [0.2, 0.25) is 0 Å². The lowest BCUT2D eigenvalue weighted by molar-refractivity contribution is 0.0507. The lowest BCUT2D eigenvalue weighted by Crippen LogP contribution is -2.43. The Bertz CT molecular complexity index is 472. The van der Waals surface area contributed by atoms with Crippen LogP contribution in [0.15, 0.2) is 28.7 Å². The van der Waals surface area contributed by atoms with Crippen molar-refractivity contribution in [3.63, 3.8) is 0 Å². The molecule has 4 nitrogen and oxygen atoms in total. The molecule has 5 heteroatoms. The van der Waals surface area contributed by atoms with E-state index in [1.807, 2.05) is 45.9 Å². The van der Waals surface area contributed by atoms with Gasteiger partial charge in [-0.1, -0.05) is 34.1 Å². The summed E-state index contributed by atoms with van der Waals surface area (Å²) in [5.41, 5.74) is 0.723. The largest absolute Gasteiger partial charge is 0.444 e. The smallest absolute Gasteiger partial charge is 0.407 e. The Morgan fingerprint density at radius 3 is 2.48 bits per heavy atom. The van der Waals surface area contributed by atoms with Gasteiger partial charge in [0.15, 0.2) is 0 Å². The summed E-state index contributed by atoms with van der Waals surface area (Å²) in [6, 6.07) is 8.30. The molecule has 0 fully saturated rings. The van der Waals surface area contributed by atoms with Gasteiger partial charge in [0, 0.05) is 23.1 Å². The second-order valence-electron chi connectivity index (χ2n) is 6.20. The second kappa shape index (κ2) is 7.80. The Hall–Kier alpha value is -1.07. The third-order valence-electron chi connectivity index (χ3n) is 2.87. The molecule has 0 spiro atoms. The van der Waals surface area contributed by atoms with E-state index in [0.29, 0.717) is 6.54 Å². The first-order valence-corrected chi connectivity index (χ1v) is 7.95. The highest BCUT2D eigenvalue weighted by atomic mass is 79.9. The van der Waals surface area contributed by atoms with E-state index in [1.54, 1.807) is 0 Å². The van der Waals surface area contributed by atoms with Crippen LogP contribution < -0.4 is 10.6 Å². The number of ether oxygens (including phenoxy) is 1. The minimum absolute atomic E-state index is 0.00946. The molecule has 21 heavy (non-hydrogen) atoms. The molecule has 0 aliphatic carbocycles. The van der Waals surface area contributed by atoms with Crippen molar-refractivity contribution in [2.75, 3.05) is 6.54 Å². The van der Waals surface area contributed by atoms with Crippen molar-refractivity contribution in [1.82, 2.24) is 10.6 Å². The maximum absolute atomic E-state index is 11.7. The molecule has 0 aromatic heterocycles. The third-order valence-corrected chi connectivity index (χ3v) is 3.59. The van der Waals surface area contributed by atoms with Crippen molar-refractivity contribution >= 4 is 22.0 Å². The van der Waals surface area contributed by atoms with Crippen LogP contribution in [0.4, 0.5) is 4.79 Å². The molecule has 0 bridgehead atoms. The number of benzene rings is 1. The summed E-state index contributed by atoms with van der Waals surface area (Å²) in [7, 11) is 0. The van der Waals surface area contributed by atoms with Crippen LogP contribution >= 0.6 is 15.9 Å². The van der Waals surface area contributed by atoms with Crippen molar-refractivity contribution in [3.05, 3.63) is 34.3 Å². The zero-order valence-electron chi connectivity index (χ0n) is 13.4. The number of hydrogen-bond donors (Lipinski definition) is 2. The maximum atomic E-state index is 11.7. The van der Waals surface area contributed by atoms with Gasteiger partial charge in [-0.05, 0) is 46.2 Å². The van der Waals surface area contributed by atoms with Crippen molar-refractivity contribution in [1.29, 1.82) is 0 Å². The number of hydrogen-bond acceptors (Lipinski definition) is 3. The minimum Gasteiger partial charge on any atom is -0.444 e. The number of carbonyl (C=O) groups excluding carboxylic acids is 1. The standard InChI is InChI=1S/C16H25BrN2O2/c1-11(19-15(20)21-16(3,4)5)10-18-12(2)13-8-6-7-9-14(13)17/h6-9,11-12,18H,10H2,1-5H3,(H,19,20). The first kappa shape index (κ1) is 18.0. The SMILES string of the molecule is CC(CNC(C)c1ccccc1Br)NC(=O)OC(C)(C)C. The summed E-state index contributed by atoms with van der Waals surface area (Å²) in [5.74, 6) is 0. The Morgan fingerprint density at radius 2 is 1.90 bits per heavy atom. The van der Waals surface area contributed by atoms with Crippen molar-refractivity contribution in [3.8, 4) is 0 Å². The number of amides is 1. The highest BCUT2D eigenvalue weighted by molar-refractivity contribution is 9.10. The lowest BCUT2D eigenvalue weighted by atomic mass is 10.1. The van der Waals surface area contributed by atoms with Gasteiger partial charge < -0.3 is 15.4 Å². The van der Waals surface area contributed by atoms with E-state index in [2.05, 4.69) is 39.6 Å². The molecule has 118 valence electrons. The molecule has 0 aliphatic heterocycles. The summed E-state index contributed by atoms with van der Waals surface area (Å²) >= 11 is 3.55. The van der Waals surface area contributed by atoms with E-state index in [9.17, 15) is 4.79 Å². The Morgan fingerprint density at radius 1 is 1.29 bits per heavy atom. The van der Waals surface area contributed by atoms with E-state index in [1.165, 1.54) is 5.56 Å².